The van der Waals surface area contributed by atoms with Crippen LogP contribution in [0, 0.1) is 5.41 Å². The second-order valence-electron chi connectivity index (χ2n) is 14.6. The largest absolute Gasteiger partial charge is 0.490 e. The van der Waals surface area contributed by atoms with Crippen LogP contribution in [0.15, 0.2) is 65.8 Å². The second kappa shape index (κ2) is 18.0. The summed E-state index contributed by atoms with van der Waals surface area (Å²) < 4.78 is 12.9. The number of hydrogen-bond donors (Lipinski definition) is 6. The molecule has 11 nitrogen and oxygen atoms in total. The van der Waals surface area contributed by atoms with E-state index in [0.29, 0.717) is 23.8 Å². The Bertz CT molecular complexity index is 1640. The summed E-state index contributed by atoms with van der Waals surface area (Å²) in [5, 5.41) is 60.1. The molecule has 6 N–H and O–H groups in total. The molecule has 4 atom stereocenters. The predicted molar refractivity (Wildman–Crippen MR) is 199 cm³/mol. The van der Waals surface area contributed by atoms with Crippen LogP contribution in [0.5, 0.6) is 5.75 Å². The molecular weight excluding hydrogens is 708 g/mol. The number of rotatable bonds is 21. The molecule has 13 heteroatoms. The number of carbonyl (C=O) groups excluding carboxylic acids is 1. The lowest BCUT2D eigenvalue weighted by molar-refractivity contribution is -0.142. The molecule has 0 spiro atoms. The van der Waals surface area contributed by atoms with Gasteiger partial charge < -0.3 is 45.0 Å². The first kappa shape index (κ1) is 40.4. The van der Waals surface area contributed by atoms with Gasteiger partial charge in [-0.1, -0.05) is 43.6 Å². The van der Waals surface area contributed by atoms with Crippen molar-refractivity contribution in [3.05, 3.63) is 77.1 Å². The minimum Gasteiger partial charge on any atom is -0.490 e. The summed E-state index contributed by atoms with van der Waals surface area (Å²) in [5.41, 5.74) is 2.81. The van der Waals surface area contributed by atoms with Crippen LogP contribution in [0.25, 0.3) is 11.1 Å². The van der Waals surface area contributed by atoms with Crippen molar-refractivity contribution in [2.45, 2.75) is 100.0 Å². The Kier molecular flexibility index (Phi) is 14.0. The molecular formula is C39H51ClN2O9S. The van der Waals surface area contributed by atoms with E-state index >= 15 is 0 Å². The Morgan fingerprint density at radius 1 is 1.04 bits per heavy atom. The predicted octanol–water partition coefficient (Wildman–Crippen LogP) is 4.30. The molecule has 1 heterocycles. The maximum Gasteiger partial charge on any atom is 0.222 e. The van der Waals surface area contributed by atoms with E-state index in [9.17, 15) is 30.3 Å². The average molecular weight is 759 g/mol. The molecule has 2 aromatic carbocycles. The maximum atomic E-state index is 13.3. The summed E-state index contributed by atoms with van der Waals surface area (Å²) in [5.74, 6) is 1.20. The van der Waals surface area contributed by atoms with Gasteiger partial charge >= 0.3 is 0 Å². The van der Waals surface area contributed by atoms with Crippen molar-refractivity contribution >= 4 is 29.3 Å². The van der Waals surface area contributed by atoms with Gasteiger partial charge in [-0.15, -0.1) is 11.8 Å². The zero-order valence-electron chi connectivity index (χ0n) is 29.7. The zero-order valence-corrected chi connectivity index (χ0v) is 31.3. The number of hydrogen-bond acceptors (Lipinski definition) is 11. The van der Waals surface area contributed by atoms with Crippen molar-refractivity contribution in [2.24, 2.45) is 5.41 Å². The van der Waals surface area contributed by atoms with Gasteiger partial charge in [0.2, 0.25) is 5.91 Å². The highest BCUT2D eigenvalue weighted by atomic mass is 35.5. The van der Waals surface area contributed by atoms with Gasteiger partial charge in [-0.05, 0) is 79.3 Å². The Balaban J connectivity index is 1.18. The first-order valence-electron chi connectivity index (χ1n) is 17.8. The van der Waals surface area contributed by atoms with Gasteiger partial charge in [0.25, 0.3) is 0 Å². The molecule has 1 aromatic heterocycles. The van der Waals surface area contributed by atoms with E-state index < -0.39 is 42.0 Å². The van der Waals surface area contributed by atoms with Crippen LogP contribution in [-0.2, 0) is 21.7 Å². The van der Waals surface area contributed by atoms with E-state index in [4.69, 9.17) is 26.2 Å². The summed E-state index contributed by atoms with van der Waals surface area (Å²) in [6.45, 7) is 2.60. The number of benzene rings is 2. The van der Waals surface area contributed by atoms with Gasteiger partial charge in [0.1, 0.15) is 30.2 Å². The highest BCUT2D eigenvalue weighted by Gasteiger charge is 2.48. The van der Waals surface area contributed by atoms with E-state index in [1.54, 1.807) is 31.8 Å². The summed E-state index contributed by atoms with van der Waals surface area (Å²) >= 11 is 8.22. The van der Waals surface area contributed by atoms with Gasteiger partial charge in [0.05, 0.1) is 24.9 Å². The van der Waals surface area contributed by atoms with Crippen LogP contribution in [-0.4, -0.2) is 109 Å². The fraction of sp³-hybridized carbons (Fsp3) is 0.538. The van der Waals surface area contributed by atoms with E-state index in [-0.39, 0.29) is 38.1 Å². The minimum absolute atomic E-state index is 0.0984. The highest BCUT2D eigenvalue weighted by Crippen LogP contribution is 2.53. The molecule has 284 valence electrons. The van der Waals surface area contributed by atoms with Crippen molar-refractivity contribution in [3.63, 3.8) is 0 Å². The average Bonchev–Trinajstić information content (AvgIpc) is 4.10. The van der Waals surface area contributed by atoms with E-state index in [1.807, 2.05) is 48.7 Å². The molecule has 0 bridgehead atoms. The molecule has 52 heavy (non-hydrogen) atoms. The van der Waals surface area contributed by atoms with E-state index in [2.05, 4.69) is 11.1 Å². The van der Waals surface area contributed by atoms with Crippen molar-refractivity contribution in [3.8, 4) is 16.9 Å². The normalized spacial score (nSPS) is 17.6. The molecule has 0 saturated heterocycles. The number of aliphatic hydroxyl groups excluding tert-OH is 6. The fourth-order valence-corrected chi connectivity index (χ4v) is 7.10. The lowest BCUT2D eigenvalue weighted by atomic mass is 9.93. The number of pyridine rings is 1. The standard InChI is InChI=1S/C39H51ClN2O9S/c1-38(2,24-44)23-42(20-32(45)36(48)37(49)33(46)21-43)35(47)8-5-17-52-27-11-12-31(40)25(18-27)22-50-39(14-15-39)30-19-41-16-13-28(30)29-6-3-4-7-34(29)51-26-9-10-26/h3-4,6-7,11-13,16,18-19,26,32-33,36-37,43-46,48-49H,5,8-10,14-15,17,20-24H2,1-2H3/t32-,33+,36+,37+/m1/s1. The topological polar surface area (TPSA) is 173 Å². The van der Waals surface area contributed by atoms with Crippen molar-refractivity contribution < 1.29 is 44.9 Å². The van der Waals surface area contributed by atoms with Crippen molar-refractivity contribution in [1.29, 1.82) is 0 Å². The van der Waals surface area contributed by atoms with Crippen molar-refractivity contribution in [1.82, 2.24) is 9.88 Å². The minimum atomic E-state index is -1.80. The highest BCUT2D eigenvalue weighted by molar-refractivity contribution is 7.99. The second-order valence-corrected chi connectivity index (χ2v) is 16.2. The first-order chi connectivity index (χ1) is 24.9. The molecule has 5 rings (SSSR count). The maximum absolute atomic E-state index is 13.3. The van der Waals surface area contributed by atoms with Crippen LogP contribution in [0.3, 0.4) is 0 Å². The van der Waals surface area contributed by atoms with Crippen molar-refractivity contribution in [2.75, 3.05) is 32.1 Å². The zero-order chi connectivity index (χ0) is 37.5. The third-order valence-electron chi connectivity index (χ3n) is 9.47. The summed E-state index contributed by atoms with van der Waals surface area (Å²) in [7, 11) is 0. The van der Waals surface area contributed by atoms with E-state index in [0.717, 1.165) is 58.6 Å². The van der Waals surface area contributed by atoms with Gasteiger partial charge in [-0.3, -0.25) is 9.78 Å². The summed E-state index contributed by atoms with van der Waals surface area (Å²) in [6, 6.07) is 15.9. The lowest BCUT2D eigenvalue weighted by Crippen LogP contribution is -2.52. The monoisotopic (exact) mass is 758 g/mol. The SMILES string of the molecule is CC(C)(CO)CN(C[C@@H](O)[C@H](O)[C@@H](O)[C@@H](O)CO)C(=O)CCCSc1ccc(Cl)c(COC2(c3cnccc3-c3ccccc3OC3CC3)CC2)c1. The van der Waals surface area contributed by atoms with Gasteiger partial charge in [-0.2, -0.15) is 0 Å². The molecule has 3 aromatic rings. The number of nitrogens with zero attached hydrogens (tertiary/aromatic N) is 2. The Hall–Kier alpha value is -2.78. The number of thioether (sulfide) groups is 1. The fourth-order valence-electron chi connectivity index (χ4n) is 6.01. The third-order valence-corrected chi connectivity index (χ3v) is 10.9. The lowest BCUT2D eigenvalue weighted by Gasteiger charge is -2.35. The Morgan fingerprint density at radius 3 is 2.46 bits per heavy atom. The van der Waals surface area contributed by atoms with Gasteiger partial charge in [-0.25, -0.2) is 0 Å². The Labute approximate surface area is 314 Å². The number of para-hydroxylation sites is 1. The number of aliphatic hydroxyl groups is 6. The smallest absolute Gasteiger partial charge is 0.222 e. The first-order valence-corrected chi connectivity index (χ1v) is 19.2. The molecule has 0 aliphatic heterocycles. The Morgan fingerprint density at radius 2 is 1.77 bits per heavy atom. The molecule has 1 amide bonds. The van der Waals surface area contributed by atoms with Crippen LogP contribution in [0.4, 0.5) is 0 Å². The van der Waals surface area contributed by atoms with Gasteiger partial charge in [0, 0.05) is 65.0 Å². The number of halogens is 1. The summed E-state index contributed by atoms with van der Waals surface area (Å²) in [6.07, 6.45) is 1.68. The van der Waals surface area contributed by atoms with Crippen LogP contribution < -0.4 is 4.74 Å². The number of amides is 1. The molecule has 2 aliphatic carbocycles. The number of aromatic nitrogens is 1. The summed E-state index contributed by atoms with van der Waals surface area (Å²) in [4.78, 5) is 20.1. The molecule has 0 unspecified atom stereocenters. The van der Waals surface area contributed by atoms with E-state index in [1.165, 1.54) is 4.90 Å². The third kappa shape index (κ3) is 10.7. The van der Waals surface area contributed by atoms with Crippen LogP contribution >= 0.6 is 23.4 Å². The molecule has 0 radical (unpaired) electrons. The number of carbonyl (C=O) groups is 1. The molecule has 2 fully saturated rings. The number of ether oxygens (including phenoxy) is 2. The van der Waals surface area contributed by atoms with Crippen LogP contribution in [0.1, 0.15) is 63.5 Å². The van der Waals surface area contributed by atoms with Crippen LogP contribution in [0.2, 0.25) is 5.02 Å². The molecule has 2 aliphatic rings. The quantitative estimate of drug-likeness (QED) is 0.0676. The van der Waals surface area contributed by atoms with Gasteiger partial charge in [0.15, 0.2) is 0 Å². The molecule has 2 saturated carbocycles.